The molecule has 10 nitrogen and oxygen atoms in total. The number of methoxy groups -OCH3 is 3. The Balaban J connectivity index is 1.66. The van der Waals surface area contributed by atoms with Gasteiger partial charge in [-0.1, -0.05) is 112 Å². The molecule has 0 spiro atoms. The zero-order chi connectivity index (χ0) is 34.8. The number of carbonyl (C=O) groups is 3. The van der Waals surface area contributed by atoms with Gasteiger partial charge in [0.15, 0.2) is 6.20 Å². The van der Waals surface area contributed by atoms with E-state index in [0.29, 0.717) is 49.1 Å². The minimum Gasteiger partial charge on any atom is -0.490 e. The molecule has 244 valence electrons. The number of rotatable bonds is 8. The van der Waals surface area contributed by atoms with Gasteiger partial charge in [-0.2, -0.15) is 4.57 Å². The SMILES string of the molecule is COC(=O)/C(=C(/C(=O)OC)[n+]1ccc(/C=C/c2ccc(Cl)c([N+](=O)[O-])c2)c2ccccc21)[c-]1c2ccccc2c2c(C(=O)OC)cccc21. The Morgan fingerprint density at radius 1 is 0.796 bits per heavy atom. The number of ether oxygens (including phenoxy) is 3. The third-order valence-corrected chi connectivity index (χ3v) is 8.52. The van der Waals surface area contributed by atoms with Gasteiger partial charge < -0.3 is 14.2 Å². The molecular weight excluding hydrogens is 648 g/mol. The van der Waals surface area contributed by atoms with Crippen LogP contribution in [0.3, 0.4) is 0 Å². The van der Waals surface area contributed by atoms with Crippen molar-refractivity contribution in [1.29, 1.82) is 0 Å². The molecule has 0 saturated heterocycles. The Bertz CT molecular complexity index is 2410. The lowest BCUT2D eigenvalue weighted by Crippen LogP contribution is -2.39. The summed E-state index contributed by atoms with van der Waals surface area (Å²) in [6.45, 7) is 0. The maximum atomic E-state index is 13.9. The van der Waals surface area contributed by atoms with Crippen LogP contribution in [0.15, 0.2) is 97.2 Å². The summed E-state index contributed by atoms with van der Waals surface area (Å²) in [7, 11) is 3.74. The van der Waals surface area contributed by atoms with Crippen LogP contribution >= 0.6 is 11.6 Å². The van der Waals surface area contributed by atoms with Gasteiger partial charge in [0.1, 0.15) is 5.02 Å². The van der Waals surface area contributed by atoms with Crippen LogP contribution in [0.2, 0.25) is 5.02 Å². The van der Waals surface area contributed by atoms with Crippen molar-refractivity contribution in [2.45, 2.75) is 0 Å². The molecule has 1 aromatic heterocycles. The minimum absolute atomic E-state index is 0.0313. The van der Waals surface area contributed by atoms with E-state index >= 15 is 0 Å². The molecule has 0 N–H and O–H groups in total. The predicted octanol–water partition coefficient (Wildman–Crippen LogP) is 7.39. The van der Waals surface area contributed by atoms with Crippen molar-refractivity contribution in [3.63, 3.8) is 0 Å². The van der Waals surface area contributed by atoms with E-state index in [4.69, 9.17) is 25.8 Å². The zero-order valence-electron chi connectivity index (χ0n) is 26.4. The van der Waals surface area contributed by atoms with Crippen molar-refractivity contribution in [2.24, 2.45) is 0 Å². The number of aromatic nitrogens is 1. The molecule has 0 unspecified atom stereocenters. The molecule has 0 atom stereocenters. The van der Waals surface area contributed by atoms with Crippen LogP contribution in [0.4, 0.5) is 5.69 Å². The Morgan fingerprint density at radius 3 is 2.20 bits per heavy atom. The van der Waals surface area contributed by atoms with Crippen molar-refractivity contribution in [2.75, 3.05) is 21.3 Å². The minimum atomic E-state index is -0.810. The van der Waals surface area contributed by atoms with E-state index in [1.807, 2.05) is 24.3 Å². The lowest BCUT2D eigenvalue weighted by atomic mass is 9.98. The number of nitro benzene ring substituents is 1. The highest BCUT2D eigenvalue weighted by molar-refractivity contribution is 6.39. The van der Waals surface area contributed by atoms with Crippen molar-refractivity contribution in [3.8, 4) is 0 Å². The summed E-state index contributed by atoms with van der Waals surface area (Å²) in [5, 5.41) is 14.5. The van der Waals surface area contributed by atoms with Gasteiger partial charge in [0.25, 0.3) is 17.4 Å². The largest absolute Gasteiger partial charge is 0.490 e. The number of carbonyl (C=O) groups excluding carboxylic acids is 3. The molecule has 11 heteroatoms. The number of benzene rings is 4. The number of hydrogen-bond donors (Lipinski definition) is 0. The highest BCUT2D eigenvalue weighted by atomic mass is 35.5. The van der Waals surface area contributed by atoms with Crippen molar-refractivity contribution in [1.82, 2.24) is 0 Å². The molecule has 1 heterocycles. The van der Waals surface area contributed by atoms with E-state index in [2.05, 4.69) is 0 Å². The molecule has 0 fully saturated rings. The number of esters is 3. The van der Waals surface area contributed by atoms with Crippen LogP contribution in [0, 0.1) is 10.1 Å². The number of pyridine rings is 1. The third kappa shape index (κ3) is 5.79. The first-order valence-electron chi connectivity index (χ1n) is 14.9. The first-order valence-corrected chi connectivity index (χ1v) is 15.2. The van der Waals surface area contributed by atoms with Crippen LogP contribution < -0.4 is 4.57 Å². The van der Waals surface area contributed by atoms with E-state index < -0.39 is 22.8 Å². The van der Waals surface area contributed by atoms with Crippen molar-refractivity contribution >= 4 is 91.1 Å². The molecule has 0 aliphatic rings. The molecular formula is C38H27ClN2O8. The fourth-order valence-electron chi connectivity index (χ4n) is 6.05. The summed E-state index contributed by atoms with van der Waals surface area (Å²) in [5.41, 5.74) is 2.10. The van der Waals surface area contributed by atoms with Crippen LogP contribution in [-0.4, -0.2) is 44.2 Å². The van der Waals surface area contributed by atoms with Gasteiger partial charge in [-0.3, -0.25) is 14.9 Å². The third-order valence-electron chi connectivity index (χ3n) is 8.20. The van der Waals surface area contributed by atoms with Gasteiger partial charge in [-0.05, 0) is 23.3 Å². The first kappa shape index (κ1) is 32.7. The van der Waals surface area contributed by atoms with Crippen molar-refractivity contribution < 1.29 is 38.1 Å². The Hall–Kier alpha value is -6.26. The van der Waals surface area contributed by atoms with Crippen LogP contribution in [0.1, 0.15) is 27.0 Å². The molecule has 6 rings (SSSR count). The van der Waals surface area contributed by atoms with Gasteiger partial charge in [-0.25, -0.2) is 9.59 Å². The monoisotopic (exact) mass is 674 g/mol. The molecule has 5 aromatic carbocycles. The van der Waals surface area contributed by atoms with Gasteiger partial charge in [0, 0.05) is 23.8 Å². The van der Waals surface area contributed by atoms with Gasteiger partial charge in [0.2, 0.25) is 5.52 Å². The number of nitrogens with zero attached hydrogens (tertiary/aromatic N) is 2. The molecule has 0 amide bonds. The molecule has 0 saturated carbocycles. The summed E-state index contributed by atoms with van der Waals surface area (Å²) >= 11 is 5.99. The normalized spacial score (nSPS) is 11.9. The summed E-state index contributed by atoms with van der Waals surface area (Å²) in [5.74, 6) is -2.16. The topological polar surface area (TPSA) is 126 Å². The van der Waals surface area contributed by atoms with Gasteiger partial charge in [0.05, 0.1) is 37.2 Å². The highest BCUT2D eigenvalue weighted by Gasteiger charge is 2.32. The van der Waals surface area contributed by atoms with Gasteiger partial charge in [-0.15, -0.1) is 0 Å². The van der Waals surface area contributed by atoms with E-state index in [1.54, 1.807) is 77.5 Å². The second-order valence-corrected chi connectivity index (χ2v) is 11.2. The number of hydrogen-bond acceptors (Lipinski definition) is 8. The Morgan fingerprint density at radius 2 is 1.49 bits per heavy atom. The maximum absolute atomic E-state index is 13.9. The number of nitro groups is 1. The summed E-state index contributed by atoms with van der Waals surface area (Å²) < 4.78 is 17.2. The molecule has 49 heavy (non-hydrogen) atoms. The molecule has 0 aliphatic heterocycles. The van der Waals surface area contributed by atoms with E-state index in [9.17, 15) is 24.5 Å². The Labute approximate surface area is 284 Å². The van der Waals surface area contributed by atoms with E-state index in [-0.39, 0.29) is 22.0 Å². The molecule has 0 radical (unpaired) electrons. The fourth-order valence-corrected chi connectivity index (χ4v) is 6.24. The zero-order valence-corrected chi connectivity index (χ0v) is 27.2. The van der Waals surface area contributed by atoms with E-state index in [0.717, 1.165) is 5.56 Å². The summed E-state index contributed by atoms with van der Waals surface area (Å²) in [4.78, 5) is 51.5. The maximum Gasteiger partial charge on any atom is 0.379 e. The molecule has 0 bridgehead atoms. The van der Waals surface area contributed by atoms with Crippen molar-refractivity contribution in [3.05, 3.63) is 135 Å². The van der Waals surface area contributed by atoms with Crippen LogP contribution in [0.5, 0.6) is 0 Å². The lowest BCUT2D eigenvalue weighted by molar-refractivity contribution is -0.548. The standard InChI is InChI=1S/C38H27ClN2O8/c1-47-36(42)28-13-8-12-27-32(28)25-10-4-5-11-26(25)33(27)34(37(43)48-2)35(38(44)49-3)40-20-19-23(24-9-6-7-14-30(24)40)17-15-22-16-18-29(39)31(21-22)41(45)46/h4-21H,1-3H3/b17-15+,35-34-. The lowest BCUT2D eigenvalue weighted by Gasteiger charge is -2.15. The van der Waals surface area contributed by atoms with E-state index in [1.165, 1.54) is 33.5 Å². The quantitative estimate of drug-likeness (QED) is 0.0311. The average molecular weight is 675 g/mol. The first-order chi connectivity index (χ1) is 23.7. The van der Waals surface area contributed by atoms with Gasteiger partial charge >= 0.3 is 11.9 Å². The number of fused-ring (bicyclic) bond motifs is 4. The summed E-state index contributed by atoms with van der Waals surface area (Å²) in [6.07, 6.45) is 5.14. The Kier molecular flexibility index (Phi) is 8.98. The second kappa shape index (κ2) is 13.5. The fraction of sp³-hybridized carbons (Fsp3) is 0.0789. The smallest absolute Gasteiger partial charge is 0.379 e. The predicted molar refractivity (Wildman–Crippen MR) is 187 cm³/mol. The second-order valence-electron chi connectivity index (χ2n) is 10.8. The average Bonchev–Trinajstić information content (AvgIpc) is 3.46. The van der Waals surface area contributed by atoms with Crippen LogP contribution in [0.25, 0.3) is 55.9 Å². The number of para-hydroxylation sites is 1. The summed E-state index contributed by atoms with van der Waals surface area (Å²) in [6, 6.07) is 25.9. The van der Waals surface area contributed by atoms with Crippen LogP contribution in [-0.2, 0) is 23.8 Å². The molecule has 6 aromatic rings. The molecule has 0 aliphatic carbocycles. The highest BCUT2D eigenvalue weighted by Crippen LogP contribution is 2.41. The number of halogens is 1.